The maximum atomic E-state index is 11.9. The third-order valence-corrected chi connectivity index (χ3v) is 3.39. The zero-order chi connectivity index (χ0) is 15.8. The van der Waals surface area contributed by atoms with Crippen molar-refractivity contribution < 1.29 is 9.59 Å². The molecule has 124 valence electrons. The highest BCUT2D eigenvalue weighted by Crippen LogP contribution is 2.06. The van der Waals surface area contributed by atoms with Gasteiger partial charge in [0, 0.05) is 30.6 Å². The van der Waals surface area contributed by atoms with E-state index >= 15 is 0 Å². The zero-order valence-electron chi connectivity index (χ0n) is 13.4. The molecule has 1 aromatic carbocycles. The lowest BCUT2D eigenvalue weighted by molar-refractivity contribution is -0.125. The molecule has 22 heavy (non-hydrogen) atoms. The SMILES string of the molecule is CCCNC(=O)c1cccc(CNC(=O)C(C)C(C)N)c1.Cl. The number of carbonyl (C=O) groups excluding carboxylic acids is 2. The van der Waals surface area contributed by atoms with Gasteiger partial charge in [-0.2, -0.15) is 0 Å². The van der Waals surface area contributed by atoms with E-state index in [0.29, 0.717) is 18.7 Å². The van der Waals surface area contributed by atoms with Crippen molar-refractivity contribution in [3.8, 4) is 0 Å². The number of benzene rings is 1. The fourth-order valence-corrected chi connectivity index (χ4v) is 1.75. The van der Waals surface area contributed by atoms with E-state index in [-0.39, 0.29) is 36.2 Å². The molecule has 0 saturated heterocycles. The van der Waals surface area contributed by atoms with Gasteiger partial charge in [-0.15, -0.1) is 12.4 Å². The van der Waals surface area contributed by atoms with Gasteiger partial charge in [0.15, 0.2) is 0 Å². The van der Waals surface area contributed by atoms with Crippen LogP contribution in [0.3, 0.4) is 0 Å². The maximum absolute atomic E-state index is 11.9. The summed E-state index contributed by atoms with van der Waals surface area (Å²) in [7, 11) is 0. The Morgan fingerprint density at radius 2 is 1.91 bits per heavy atom. The molecule has 0 radical (unpaired) electrons. The van der Waals surface area contributed by atoms with Crippen LogP contribution >= 0.6 is 12.4 Å². The molecule has 0 spiro atoms. The van der Waals surface area contributed by atoms with Crippen molar-refractivity contribution >= 4 is 24.2 Å². The van der Waals surface area contributed by atoms with Crippen LogP contribution in [0.4, 0.5) is 0 Å². The largest absolute Gasteiger partial charge is 0.352 e. The van der Waals surface area contributed by atoms with Crippen molar-refractivity contribution in [3.05, 3.63) is 35.4 Å². The van der Waals surface area contributed by atoms with Crippen molar-refractivity contribution in [2.24, 2.45) is 11.7 Å². The molecule has 2 atom stereocenters. The average molecular weight is 328 g/mol. The Hall–Kier alpha value is -1.59. The first kappa shape index (κ1) is 20.4. The zero-order valence-corrected chi connectivity index (χ0v) is 14.2. The van der Waals surface area contributed by atoms with E-state index in [0.717, 1.165) is 12.0 Å². The quantitative estimate of drug-likeness (QED) is 0.714. The lowest BCUT2D eigenvalue weighted by Gasteiger charge is -2.15. The molecule has 1 rings (SSSR count). The van der Waals surface area contributed by atoms with Crippen molar-refractivity contribution in [2.45, 2.75) is 39.8 Å². The highest BCUT2D eigenvalue weighted by molar-refractivity contribution is 5.94. The van der Waals surface area contributed by atoms with Crippen LogP contribution in [0.25, 0.3) is 0 Å². The molecular formula is C16H26ClN3O2. The van der Waals surface area contributed by atoms with E-state index in [1.807, 2.05) is 26.0 Å². The van der Waals surface area contributed by atoms with Crippen LogP contribution in [0.1, 0.15) is 43.1 Å². The molecule has 1 aromatic rings. The molecule has 0 aliphatic heterocycles. The molecule has 5 nitrogen and oxygen atoms in total. The Bertz CT molecular complexity index is 492. The number of hydrogen-bond acceptors (Lipinski definition) is 3. The molecule has 0 saturated carbocycles. The summed E-state index contributed by atoms with van der Waals surface area (Å²) in [5.74, 6) is -0.402. The lowest BCUT2D eigenvalue weighted by atomic mass is 10.0. The third kappa shape index (κ3) is 6.45. The minimum Gasteiger partial charge on any atom is -0.352 e. The molecular weight excluding hydrogens is 302 g/mol. The van der Waals surface area contributed by atoms with Gasteiger partial charge in [0.2, 0.25) is 5.91 Å². The third-order valence-electron chi connectivity index (χ3n) is 3.39. The topological polar surface area (TPSA) is 84.2 Å². The van der Waals surface area contributed by atoms with Gasteiger partial charge in [-0.05, 0) is 31.0 Å². The van der Waals surface area contributed by atoms with Gasteiger partial charge in [-0.1, -0.05) is 26.0 Å². The summed E-state index contributed by atoms with van der Waals surface area (Å²) >= 11 is 0. The molecule has 4 N–H and O–H groups in total. The molecule has 0 aliphatic carbocycles. The number of nitrogens with two attached hydrogens (primary N) is 1. The summed E-state index contributed by atoms with van der Waals surface area (Å²) < 4.78 is 0. The summed E-state index contributed by atoms with van der Waals surface area (Å²) in [4.78, 5) is 23.7. The van der Waals surface area contributed by atoms with E-state index in [4.69, 9.17) is 5.73 Å². The van der Waals surface area contributed by atoms with Crippen molar-refractivity contribution in [2.75, 3.05) is 6.54 Å². The van der Waals surface area contributed by atoms with Crippen LogP contribution < -0.4 is 16.4 Å². The Morgan fingerprint density at radius 3 is 2.50 bits per heavy atom. The van der Waals surface area contributed by atoms with E-state index in [2.05, 4.69) is 10.6 Å². The van der Waals surface area contributed by atoms with E-state index < -0.39 is 0 Å². The maximum Gasteiger partial charge on any atom is 0.251 e. The van der Waals surface area contributed by atoms with E-state index in [1.165, 1.54) is 0 Å². The van der Waals surface area contributed by atoms with Crippen LogP contribution in [-0.2, 0) is 11.3 Å². The molecule has 0 fully saturated rings. The van der Waals surface area contributed by atoms with Gasteiger partial charge >= 0.3 is 0 Å². The number of nitrogens with one attached hydrogen (secondary N) is 2. The number of rotatable bonds is 7. The fourth-order valence-electron chi connectivity index (χ4n) is 1.75. The lowest BCUT2D eigenvalue weighted by Crippen LogP contribution is -2.38. The van der Waals surface area contributed by atoms with Crippen LogP contribution in [0.2, 0.25) is 0 Å². The predicted octanol–water partition coefficient (Wildman–Crippen LogP) is 1.85. The average Bonchev–Trinajstić information content (AvgIpc) is 2.49. The van der Waals surface area contributed by atoms with Gasteiger partial charge in [-0.25, -0.2) is 0 Å². The second kappa shape index (κ2) is 10.2. The van der Waals surface area contributed by atoms with Crippen molar-refractivity contribution in [1.29, 1.82) is 0 Å². The number of amides is 2. The van der Waals surface area contributed by atoms with E-state index in [1.54, 1.807) is 19.1 Å². The van der Waals surface area contributed by atoms with Gasteiger partial charge < -0.3 is 16.4 Å². The molecule has 0 bridgehead atoms. The standard InChI is InChI=1S/C16H25N3O2.ClH/c1-4-8-18-16(21)14-7-5-6-13(9-14)10-19-15(20)11(2)12(3)17;/h5-7,9,11-12H,4,8,10,17H2,1-3H3,(H,18,21)(H,19,20);1H. The monoisotopic (exact) mass is 327 g/mol. The molecule has 0 heterocycles. The minimum atomic E-state index is -0.235. The first-order valence-corrected chi connectivity index (χ1v) is 7.36. The summed E-state index contributed by atoms with van der Waals surface area (Å²) in [6, 6.07) is 7.07. The highest BCUT2D eigenvalue weighted by atomic mass is 35.5. The van der Waals surface area contributed by atoms with Gasteiger partial charge in [0.1, 0.15) is 0 Å². The summed E-state index contributed by atoms with van der Waals surface area (Å²) in [6.07, 6.45) is 0.899. The fraction of sp³-hybridized carbons (Fsp3) is 0.500. The Balaban J connectivity index is 0.00000441. The van der Waals surface area contributed by atoms with Gasteiger partial charge in [0.25, 0.3) is 5.91 Å². The first-order chi connectivity index (χ1) is 9.95. The van der Waals surface area contributed by atoms with Crippen LogP contribution in [-0.4, -0.2) is 24.4 Å². The van der Waals surface area contributed by atoms with Crippen LogP contribution in [0.5, 0.6) is 0 Å². The molecule has 2 unspecified atom stereocenters. The summed E-state index contributed by atoms with van der Waals surface area (Å²) in [6.45, 7) is 6.67. The molecule has 0 aliphatic rings. The van der Waals surface area contributed by atoms with Crippen molar-refractivity contribution in [3.63, 3.8) is 0 Å². The number of halogens is 1. The number of hydrogen-bond donors (Lipinski definition) is 3. The van der Waals surface area contributed by atoms with Crippen LogP contribution in [0.15, 0.2) is 24.3 Å². The first-order valence-electron chi connectivity index (χ1n) is 7.36. The second-order valence-electron chi connectivity index (χ2n) is 5.32. The van der Waals surface area contributed by atoms with Gasteiger partial charge in [-0.3, -0.25) is 9.59 Å². The number of carbonyl (C=O) groups is 2. The van der Waals surface area contributed by atoms with Crippen LogP contribution in [0, 0.1) is 5.92 Å². The summed E-state index contributed by atoms with van der Waals surface area (Å²) in [5.41, 5.74) is 7.20. The Morgan fingerprint density at radius 1 is 1.23 bits per heavy atom. The normalized spacial score (nSPS) is 12.7. The predicted molar refractivity (Wildman–Crippen MR) is 91.0 cm³/mol. The summed E-state index contributed by atoms with van der Waals surface area (Å²) in [5, 5.41) is 5.67. The second-order valence-corrected chi connectivity index (χ2v) is 5.32. The Labute approximate surface area is 138 Å². The molecule has 2 amide bonds. The molecule has 6 heteroatoms. The van der Waals surface area contributed by atoms with Crippen molar-refractivity contribution in [1.82, 2.24) is 10.6 Å². The van der Waals surface area contributed by atoms with Gasteiger partial charge in [0.05, 0.1) is 0 Å². The Kier molecular flexibility index (Phi) is 9.45. The highest BCUT2D eigenvalue weighted by Gasteiger charge is 2.16. The smallest absolute Gasteiger partial charge is 0.251 e. The minimum absolute atomic E-state index is 0. The van der Waals surface area contributed by atoms with E-state index in [9.17, 15) is 9.59 Å². The molecule has 0 aromatic heterocycles.